The third-order valence-corrected chi connectivity index (χ3v) is 5.77. The number of carbonyl (C=O) groups excluding carboxylic acids is 1. The highest BCUT2D eigenvalue weighted by Gasteiger charge is 2.26. The number of nitrogens with zero attached hydrogens (tertiary/aromatic N) is 5. The van der Waals surface area contributed by atoms with E-state index < -0.39 is 17.1 Å². The molecule has 0 atom stereocenters. The second-order valence-electron chi connectivity index (χ2n) is 8.11. The first-order valence-electron chi connectivity index (χ1n) is 10.5. The topological polar surface area (TPSA) is 103 Å². The van der Waals surface area contributed by atoms with E-state index in [2.05, 4.69) is 4.98 Å². The predicted molar refractivity (Wildman–Crippen MR) is 118 cm³/mol. The van der Waals surface area contributed by atoms with Crippen LogP contribution < -0.4 is 11.2 Å². The molecule has 0 spiro atoms. The Morgan fingerprint density at radius 2 is 1.79 bits per heavy atom. The summed E-state index contributed by atoms with van der Waals surface area (Å²) in [7, 11) is 0. The van der Waals surface area contributed by atoms with Crippen LogP contribution in [0.4, 0.5) is 4.39 Å². The number of halogens is 1. The van der Waals surface area contributed by atoms with Gasteiger partial charge < -0.3 is 4.57 Å². The number of benzene rings is 2. The van der Waals surface area contributed by atoms with E-state index in [1.807, 2.05) is 6.07 Å². The zero-order chi connectivity index (χ0) is 23.1. The SMILES string of the molecule is N#Cc1ccc(C(=O)Cn2cnc3c2c(=O)n(CC2CC2)c(=O)n3-c2ccc(F)cc2)cc1. The molecule has 0 saturated heterocycles. The Balaban J connectivity index is 1.65. The van der Waals surface area contributed by atoms with Crippen molar-refractivity contribution in [2.45, 2.75) is 25.9 Å². The molecule has 1 fully saturated rings. The van der Waals surface area contributed by atoms with Crippen LogP contribution in [0.3, 0.4) is 0 Å². The molecule has 33 heavy (non-hydrogen) atoms. The zero-order valence-electron chi connectivity index (χ0n) is 17.4. The van der Waals surface area contributed by atoms with Gasteiger partial charge in [-0.2, -0.15) is 5.26 Å². The van der Waals surface area contributed by atoms with Crippen LogP contribution in [0.5, 0.6) is 0 Å². The number of ketones is 1. The van der Waals surface area contributed by atoms with Gasteiger partial charge in [0.2, 0.25) is 0 Å². The number of aromatic nitrogens is 4. The van der Waals surface area contributed by atoms with Crippen LogP contribution in [0.25, 0.3) is 16.9 Å². The van der Waals surface area contributed by atoms with Crippen molar-refractivity contribution in [1.82, 2.24) is 18.7 Å². The normalized spacial score (nSPS) is 13.2. The standard InChI is InChI=1S/C24H18FN5O3/c25-18-7-9-19(10-8-18)30-22-21(23(32)29(24(30)33)12-16-1-2-16)28(14-27-22)13-20(31)17-5-3-15(11-26)4-6-17/h3-10,14,16H,1-2,12-13H2. The molecule has 1 aliphatic rings. The number of Topliss-reactive ketones (excluding diaryl/α,β-unsaturated/α-hetero) is 1. The fraction of sp³-hybridized carbons (Fsp3) is 0.208. The molecule has 0 aliphatic heterocycles. The highest BCUT2D eigenvalue weighted by Crippen LogP contribution is 2.30. The Labute approximate surface area is 186 Å². The van der Waals surface area contributed by atoms with Gasteiger partial charge in [-0.25, -0.2) is 18.7 Å². The minimum absolute atomic E-state index is 0.108. The molecule has 0 unspecified atom stereocenters. The average Bonchev–Trinajstić information content (AvgIpc) is 3.56. The van der Waals surface area contributed by atoms with Gasteiger partial charge in [-0.05, 0) is 55.2 Å². The van der Waals surface area contributed by atoms with Crippen molar-refractivity contribution < 1.29 is 9.18 Å². The molecule has 1 aliphatic carbocycles. The average molecular weight is 443 g/mol. The molecule has 164 valence electrons. The molecular weight excluding hydrogens is 425 g/mol. The van der Waals surface area contributed by atoms with Crippen molar-refractivity contribution in [3.63, 3.8) is 0 Å². The number of carbonyl (C=O) groups is 1. The highest BCUT2D eigenvalue weighted by molar-refractivity contribution is 5.96. The van der Waals surface area contributed by atoms with Gasteiger partial charge in [-0.3, -0.25) is 14.2 Å². The van der Waals surface area contributed by atoms with Gasteiger partial charge in [-0.15, -0.1) is 0 Å². The van der Waals surface area contributed by atoms with E-state index >= 15 is 0 Å². The van der Waals surface area contributed by atoms with Crippen molar-refractivity contribution in [2.75, 3.05) is 0 Å². The van der Waals surface area contributed by atoms with Crippen molar-refractivity contribution in [3.05, 3.63) is 92.6 Å². The van der Waals surface area contributed by atoms with Crippen LogP contribution in [0.1, 0.15) is 28.8 Å². The fourth-order valence-electron chi connectivity index (χ4n) is 3.82. The van der Waals surface area contributed by atoms with Crippen molar-refractivity contribution in [3.8, 4) is 11.8 Å². The number of rotatable bonds is 6. The Hall–Kier alpha value is -4.32. The number of nitriles is 1. The third-order valence-electron chi connectivity index (χ3n) is 5.77. The lowest BCUT2D eigenvalue weighted by Gasteiger charge is -2.12. The highest BCUT2D eigenvalue weighted by atomic mass is 19.1. The second kappa shape index (κ2) is 7.98. The predicted octanol–water partition coefficient (Wildman–Crippen LogP) is 2.65. The van der Waals surface area contributed by atoms with Gasteiger partial charge in [0, 0.05) is 12.1 Å². The summed E-state index contributed by atoms with van der Waals surface area (Å²) in [5.41, 5.74) is 0.379. The summed E-state index contributed by atoms with van der Waals surface area (Å²) < 4.78 is 17.4. The first kappa shape index (κ1) is 20.6. The van der Waals surface area contributed by atoms with Crippen molar-refractivity contribution >= 4 is 16.9 Å². The molecular formula is C24H18FN5O3. The van der Waals surface area contributed by atoms with E-state index in [0.29, 0.717) is 16.8 Å². The Kier molecular flexibility index (Phi) is 4.98. The molecule has 2 aromatic heterocycles. The monoisotopic (exact) mass is 443 g/mol. The quantitative estimate of drug-likeness (QED) is 0.426. The van der Waals surface area contributed by atoms with Crippen LogP contribution in [-0.4, -0.2) is 24.5 Å². The Morgan fingerprint density at radius 3 is 2.42 bits per heavy atom. The maximum Gasteiger partial charge on any atom is 0.337 e. The lowest BCUT2D eigenvalue weighted by molar-refractivity contribution is 0.0973. The van der Waals surface area contributed by atoms with Crippen LogP contribution in [0.2, 0.25) is 0 Å². The lowest BCUT2D eigenvalue weighted by atomic mass is 10.1. The molecule has 5 rings (SSSR count). The van der Waals surface area contributed by atoms with Gasteiger partial charge in [-0.1, -0.05) is 12.1 Å². The van der Waals surface area contributed by atoms with Crippen LogP contribution >= 0.6 is 0 Å². The Morgan fingerprint density at radius 1 is 1.09 bits per heavy atom. The van der Waals surface area contributed by atoms with Gasteiger partial charge in [0.15, 0.2) is 16.9 Å². The fourth-order valence-corrected chi connectivity index (χ4v) is 3.82. The Bertz CT molecular complexity index is 1540. The number of hydrogen-bond acceptors (Lipinski definition) is 5. The van der Waals surface area contributed by atoms with E-state index in [1.165, 1.54) is 44.3 Å². The van der Waals surface area contributed by atoms with E-state index in [-0.39, 0.29) is 36.0 Å². The molecule has 0 amide bonds. The minimum atomic E-state index is -0.547. The van der Waals surface area contributed by atoms with Crippen LogP contribution in [-0.2, 0) is 13.1 Å². The van der Waals surface area contributed by atoms with E-state index in [9.17, 15) is 18.8 Å². The van der Waals surface area contributed by atoms with E-state index in [1.54, 1.807) is 24.3 Å². The van der Waals surface area contributed by atoms with Crippen LogP contribution in [0.15, 0.2) is 64.4 Å². The van der Waals surface area contributed by atoms with Gasteiger partial charge in [0.1, 0.15) is 5.82 Å². The maximum absolute atomic E-state index is 13.5. The summed E-state index contributed by atoms with van der Waals surface area (Å²) in [6.45, 7) is 0.117. The summed E-state index contributed by atoms with van der Waals surface area (Å²) in [4.78, 5) is 43.7. The first-order chi connectivity index (χ1) is 16.0. The molecule has 2 aromatic carbocycles. The summed E-state index contributed by atoms with van der Waals surface area (Å²) in [6, 6.07) is 13.6. The minimum Gasteiger partial charge on any atom is -0.317 e. The van der Waals surface area contributed by atoms with E-state index in [0.717, 1.165) is 12.8 Å². The molecule has 0 radical (unpaired) electrons. The summed E-state index contributed by atoms with van der Waals surface area (Å²) in [5, 5.41) is 8.94. The molecule has 0 N–H and O–H groups in total. The van der Waals surface area contributed by atoms with Gasteiger partial charge in [0.05, 0.1) is 30.2 Å². The van der Waals surface area contributed by atoms with Crippen molar-refractivity contribution in [1.29, 1.82) is 5.26 Å². The summed E-state index contributed by atoms with van der Waals surface area (Å²) >= 11 is 0. The largest absolute Gasteiger partial charge is 0.337 e. The second-order valence-corrected chi connectivity index (χ2v) is 8.11. The molecule has 9 heteroatoms. The summed E-state index contributed by atoms with van der Waals surface area (Å²) in [6.07, 6.45) is 3.24. The van der Waals surface area contributed by atoms with E-state index in [4.69, 9.17) is 5.26 Å². The zero-order valence-corrected chi connectivity index (χ0v) is 17.4. The number of imidazole rings is 1. The molecule has 4 aromatic rings. The van der Waals surface area contributed by atoms with Crippen LogP contribution in [0, 0.1) is 23.1 Å². The lowest BCUT2D eigenvalue weighted by Crippen LogP contribution is -2.40. The molecule has 8 nitrogen and oxygen atoms in total. The van der Waals surface area contributed by atoms with Gasteiger partial charge in [0.25, 0.3) is 5.56 Å². The number of hydrogen-bond donors (Lipinski definition) is 0. The summed E-state index contributed by atoms with van der Waals surface area (Å²) in [5.74, 6) is -0.467. The van der Waals surface area contributed by atoms with Gasteiger partial charge >= 0.3 is 5.69 Å². The smallest absolute Gasteiger partial charge is 0.317 e. The first-order valence-corrected chi connectivity index (χ1v) is 10.5. The molecule has 0 bridgehead atoms. The third kappa shape index (κ3) is 3.76. The molecule has 1 saturated carbocycles. The molecule has 2 heterocycles. The van der Waals surface area contributed by atoms with Crippen molar-refractivity contribution in [2.24, 2.45) is 5.92 Å². The maximum atomic E-state index is 13.5. The number of fused-ring (bicyclic) bond motifs is 1.